The van der Waals surface area contributed by atoms with Crippen LogP contribution in [0.5, 0.6) is 0 Å². The number of allylic oxidation sites excluding steroid dienone is 2. The summed E-state index contributed by atoms with van der Waals surface area (Å²) in [7, 11) is 1.38. The molecule has 0 unspecified atom stereocenters. The number of aliphatic hydroxyl groups excluding tert-OH is 1. The van der Waals surface area contributed by atoms with E-state index in [9.17, 15) is 48.3 Å². The summed E-state index contributed by atoms with van der Waals surface area (Å²) in [5, 5.41) is 23.4. The smallest absolute Gasteiger partial charge is 0.426 e. The highest BCUT2D eigenvalue weighted by molar-refractivity contribution is 5.97. The first-order valence-electron chi connectivity index (χ1n) is 27.9. The van der Waals surface area contributed by atoms with Crippen molar-refractivity contribution in [3.63, 3.8) is 0 Å². The second-order valence-corrected chi connectivity index (χ2v) is 21.9. The molecule has 0 bridgehead atoms. The number of hydrogen-bond donors (Lipinski definition) is 7. The number of hydrogen-bond acceptors (Lipinski definition) is 15. The van der Waals surface area contributed by atoms with E-state index in [1.807, 2.05) is 39.8 Å². The number of rotatable bonds is 30. The zero-order valence-electron chi connectivity index (χ0n) is 48.0. The van der Waals surface area contributed by atoms with Crippen molar-refractivity contribution in [3.8, 4) is 0 Å². The maximum atomic E-state index is 13.7. The number of benzene rings is 1. The standard InChI is InChI=1S/C58H87N7O15/c1-35(2)53(63-50(69)17-13-11-10-12-15-38(5)66)47(68)30-43(16-14-28-60-56(59)74)55(73)61-44-23-21-42(22-24-44)33-76-57(75)64-65(9)52(71)31-45-32-58(34-77-58)54(72)49(80-45)26-19-36(3)18-25-48-37(4)29-46(40(7)79-48)62-51(70)27-20-39(6)78-41(8)67/h18-24,26-27,35,37,39-40,43,45-46,48-49,53-54,72H,10-17,25,28-34H2,1-9H3,(H,61,73)(H,62,70)(H,63,69)(H,64,75)(H3,59,60,74)/b26-19+,27-20-,36-18+/t37-,39-,40+,43+,45+,46+,48-,49+,53-,54+,58+/m0/s1. The molecule has 1 aromatic rings. The second-order valence-electron chi connectivity index (χ2n) is 21.9. The van der Waals surface area contributed by atoms with Crippen LogP contribution in [0.3, 0.4) is 0 Å². The van der Waals surface area contributed by atoms with Gasteiger partial charge in [0.1, 0.15) is 36.3 Å². The Morgan fingerprint density at radius 2 is 1.61 bits per heavy atom. The monoisotopic (exact) mass is 1120 g/mol. The number of esters is 1. The van der Waals surface area contributed by atoms with Crippen LogP contribution in [0.25, 0.3) is 0 Å². The predicted molar refractivity (Wildman–Crippen MR) is 297 cm³/mol. The molecule has 22 nitrogen and oxygen atoms in total. The van der Waals surface area contributed by atoms with E-state index in [4.69, 9.17) is 29.4 Å². The third-order valence-electron chi connectivity index (χ3n) is 14.4. The fourth-order valence-corrected chi connectivity index (χ4v) is 9.66. The molecule has 0 aromatic heterocycles. The highest BCUT2D eigenvalue weighted by Crippen LogP contribution is 2.43. The Morgan fingerprint density at radius 3 is 2.25 bits per heavy atom. The predicted octanol–water partition coefficient (Wildman–Crippen LogP) is 5.70. The Morgan fingerprint density at radius 1 is 0.925 bits per heavy atom. The van der Waals surface area contributed by atoms with E-state index in [0.717, 1.165) is 29.8 Å². The van der Waals surface area contributed by atoms with Gasteiger partial charge in [0.25, 0.3) is 0 Å². The summed E-state index contributed by atoms with van der Waals surface area (Å²) < 4.78 is 28.7. The number of amides is 7. The van der Waals surface area contributed by atoms with Crippen molar-refractivity contribution < 1.29 is 71.9 Å². The van der Waals surface area contributed by atoms with Crippen LogP contribution in [0.15, 0.2) is 60.2 Å². The lowest BCUT2D eigenvalue weighted by Gasteiger charge is -2.39. The molecule has 3 heterocycles. The fourth-order valence-electron chi connectivity index (χ4n) is 9.66. The number of ketones is 2. The van der Waals surface area contributed by atoms with Gasteiger partial charge >= 0.3 is 18.1 Å². The van der Waals surface area contributed by atoms with Crippen molar-refractivity contribution in [2.45, 2.75) is 200 Å². The van der Waals surface area contributed by atoms with Crippen LogP contribution >= 0.6 is 0 Å². The van der Waals surface area contributed by atoms with Crippen molar-refractivity contribution in [2.24, 2.45) is 23.5 Å². The van der Waals surface area contributed by atoms with E-state index in [0.29, 0.717) is 50.0 Å². The van der Waals surface area contributed by atoms with E-state index >= 15 is 0 Å². The molecule has 4 rings (SSSR count). The van der Waals surface area contributed by atoms with Crippen molar-refractivity contribution in [1.82, 2.24) is 26.4 Å². The quantitative estimate of drug-likeness (QED) is 0.0121. The summed E-state index contributed by atoms with van der Waals surface area (Å²) in [5.41, 5.74) is 8.66. The van der Waals surface area contributed by atoms with Gasteiger partial charge in [-0.3, -0.25) is 33.8 Å². The van der Waals surface area contributed by atoms with Crippen LogP contribution in [-0.2, 0) is 63.9 Å². The first-order chi connectivity index (χ1) is 37.8. The van der Waals surface area contributed by atoms with Crippen LogP contribution in [-0.4, -0.2) is 138 Å². The third-order valence-corrected chi connectivity index (χ3v) is 14.4. The molecule has 80 heavy (non-hydrogen) atoms. The van der Waals surface area contributed by atoms with Crippen LogP contribution in [0.4, 0.5) is 15.3 Å². The molecule has 11 atom stereocenters. The first kappa shape index (κ1) is 66.0. The number of ether oxygens (including phenoxy) is 5. The van der Waals surface area contributed by atoms with Crippen LogP contribution in [0.1, 0.15) is 144 Å². The van der Waals surface area contributed by atoms with E-state index in [-0.39, 0.29) is 98.7 Å². The van der Waals surface area contributed by atoms with Gasteiger partial charge in [-0.1, -0.05) is 69.5 Å². The molecular weight excluding hydrogens is 1030 g/mol. The lowest BCUT2D eigenvalue weighted by Crippen LogP contribution is -2.52. The Kier molecular flexibility index (Phi) is 27.0. The average Bonchev–Trinajstić information content (AvgIpc) is 4.38. The van der Waals surface area contributed by atoms with Gasteiger partial charge in [0.15, 0.2) is 5.78 Å². The topological polar surface area (TPSA) is 313 Å². The third kappa shape index (κ3) is 23.3. The minimum atomic E-state index is -0.971. The van der Waals surface area contributed by atoms with E-state index < -0.39 is 71.9 Å². The van der Waals surface area contributed by atoms with Crippen molar-refractivity contribution >= 4 is 59.0 Å². The van der Waals surface area contributed by atoms with Crippen LogP contribution < -0.4 is 32.4 Å². The number of carbonyl (C=O) groups is 9. The normalized spacial score (nSPS) is 23.8. The number of nitrogens with two attached hydrogens (primary N) is 1. The number of nitrogens with one attached hydrogen (secondary N) is 5. The van der Waals surface area contributed by atoms with E-state index in [1.165, 1.54) is 26.1 Å². The maximum Gasteiger partial charge on any atom is 0.426 e. The number of unbranched alkanes of at least 4 members (excludes halogenated alkanes) is 3. The van der Waals surface area contributed by atoms with Gasteiger partial charge in [-0.2, -0.15) is 0 Å². The number of hydrazine groups is 1. The number of urea groups is 1. The lowest BCUT2D eigenvalue weighted by atomic mass is 9.87. The van der Waals surface area contributed by atoms with Gasteiger partial charge in [0, 0.05) is 63.9 Å². The number of nitrogens with zero attached hydrogens (tertiary/aromatic N) is 1. The SMILES string of the molecule is CC(=O)CCCCCCC(=O)N[C@H](C(=O)C[C@@H](CCCNC(N)=O)C(=O)Nc1ccc(COC(=O)NN(C)C(=O)C[C@@H]2C[C@@]3(CO3)[C@H](O)[C@@H](/C=C/C(C)=C/C[C@@H]3O[C@H](C)[C@H](NC(=O)/C=C\[C@H](C)OC(C)=O)C[C@@H]3C)O2)cc1)C(C)C. The Bertz CT molecular complexity index is 2370. The van der Waals surface area contributed by atoms with Gasteiger partial charge in [-0.15, -0.1) is 0 Å². The first-order valence-corrected chi connectivity index (χ1v) is 27.9. The molecular formula is C58H87N7O15. The minimum absolute atomic E-state index is 0.0960. The number of carbonyl (C=O) groups excluding carboxylic acids is 9. The molecule has 1 spiro atoms. The summed E-state index contributed by atoms with van der Waals surface area (Å²) in [6.07, 6.45) is 10.0. The molecule has 3 saturated heterocycles. The summed E-state index contributed by atoms with van der Waals surface area (Å²) in [6, 6.07) is 4.78. The van der Waals surface area contributed by atoms with Crippen molar-refractivity contribution in [1.29, 1.82) is 0 Å². The summed E-state index contributed by atoms with van der Waals surface area (Å²) >= 11 is 0. The van der Waals surface area contributed by atoms with Crippen molar-refractivity contribution in [2.75, 3.05) is 25.5 Å². The average molecular weight is 1120 g/mol. The van der Waals surface area contributed by atoms with E-state index in [2.05, 4.69) is 33.6 Å². The molecule has 1 aromatic carbocycles. The largest absolute Gasteiger partial charge is 0.459 e. The molecule has 3 aliphatic rings. The van der Waals surface area contributed by atoms with Crippen molar-refractivity contribution in [3.05, 3.63) is 65.8 Å². The lowest BCUT2D eigenvalue weighted by molar-refractivity contribution is -0.152. The Hall–Kier alpha value is -6.49. The highest BCUT2D eigenvalue weighted by Gasteiger charge is 2.58. The minimum Gasteiger partial charge on any atom is -0.459 e. The molecule has 444 valence electrons. The van der Waals surface area contributed by atoms with Gasteiger partial charge in [-0.25, -0.2) is 15.0 Å². The molecule has 3 fully saturated rings. The number of epoxide rings is 1. The van der Waals surface area contributed by atoms with Gasteiger partial charge in [0.2, 0.25) is 23.6 Å². The summed E-state index contributed by atoms with van der Waals surface area (Å²) in [5.74, 6) is -2.98. The van der Waals surface area contributed by atoms with Gasteiger partial charge < -0.3 is 60.6 Å². The highest BCUT2D eigenvalue weighted by atomic mass is 16.6. The van der Waals surface area contributed by atoms with E-state index in [1.54, 1.807) is 44.2 Å². The zero-order valence-corrected chi connectivity index (χ0v) is 48.0. The zero-order chi connectivity index (χ0) is 59.1. The maximum absolute atomic E-state index is 13.7. The summed E-state index contributed by atoms with van der Waals surface area (Å²) in [6.45, 7) is 14.4. The number of anilines is 1. The molecule has 7 amide bonds. The van der Waals surface area contributed by atoms with Gasteiger partial charge in [0.05, 0.1) is 43.4 Å². The molecule has 0 radical (unpaired) electrons. The number of Topliss-reactive ketones (excluding diaryl/α,β-unsaturated/α-hetero) is 2. The molecule has 22 heteroatoms. The van der Waals surface area contributed by atoms with Gasteiger partial charge in [-0.05, 0) is 102 Å². The summed E-state index contributed by atoms with van der Waals surface area (Å²) in [4.78, 5) is 113. The Labute approximate surface area is 470 Å². The van der Waals surface area contributed by atoms with Crippen LogP contribution in [0, 0.1) is 17.8 Å². The number of aliphatic hydroxyl groups is 1. The number of primary amides is 1. The molecule has 8 N–H and O–H groups in total. The van der Waals surface area contributed by atoms with Crippen LogP contribution in [0.2, 0.25) is 0 Å². The second kappa shape index (κ2) is 32.7. The Balaban J connectivity index is 1.23. The molecule has 0 aliphatic carbocycles. The fraction of sp³-hybridized carbons (Fsp3) is 0.638. The molecule has 3 aliphatic heterocycles. The molecule has 0 saturated carbocycles.